The third-order valence-corrected chi connectivity index (χ3v) is 2.82. The number of hydrogen-bond donors (Lipinski definition) is 1. The molecule has 2 rings (SSSR count). The van der Waals surface area contributed by atoms with Crippen LogP contribution in [-0.4, -0.2) is 35.8 Å². The van der Waals surface area contributed by atoms with Gasteiger partial charge in [-0.25, -0.2) is 4.98 Å². The Hall–Kier alpha value is -1.36. The Bertz CT molecular complexity index is 378. The SMILES string of the molecule is CCCOc1cc(C)nc(OC2CCNCC2)n1. The van der Waals surface area contributed by atoms with Gasteiger partial charge in [0.1, 0.15) is 6.10 Å². The van der Waals surface area contributed by atoms with Crippen LogP contribution >= 0.6 is 0 Å². The van der Waals surface area contributed by atoms with Crippen LogP contribution in [-0.2, 0) is 0 Å². The van der Waals surface area contributed by atoms with Crippen LogP contribution in [0.5, 0.6) is 11.9 Å². The minimum absolute atomic E-state index is 0.215. The fraction of sp³-hybridized carbons (Fsp3) is 0.692. The van der Waals surface area contributed by atoms with E-state index in [4.69, 9.17) is 9.47 Å². The Kier molecular flexibility index (Phi) is 4.75. The second-order valence-electron chi connectivity index (χ2n) is 4.55. The highest BCUT2D eigenvalue weighted by atomic mass is 16.5. The predicted molar refractivity (Wildman–Crippen MR) is 69.1 cm³/mol. The molecule has 2 heterocycles. The lowest BCUT2D eigenvalue weighted by molar-refractivity contribution is 0.146. The van der Waals surface area contributed by atoms with Crippen molar-refractivity contribution in [2.75, 3.05) is 19.7 Å². The fourth-order valence-electron chi connectivity index (χ4n) is 1.91. The summed E-state index contributed by atoms with van der Waals surface area (Å²) in [6, 6.07) is 2.28. The average molecular weight is 251 g/mol. The Morgan fingerprint density at radius 3 is 2.83 bits per heavy atom. The van der Waals surface area contributed by atoms with Gasteiger partial charge in [-0.1, -0.05) is 6.92 Å². The van der Waals surface area contributed by atoms with E-state index in [1.54, 1.807) is 0 Å². The molecule has 0 aromatic carbocycles. The van der Waals surface area contributed by atoms with Gasteiger partial charge in [0, 0.05) is 11.8 Å². The van der Waals surface area contributed by atoms with Crippen LogP contribution in [0.25, 0.3) is 0 Å². The zero-order valence-electron chi connectivity index (χ0n) is 11.1. The average Bonchev–Trinajstić information content (AvgIpc) is 2.37. The largest absolute Gasteiger partial charge is 0.478 e. The van der Waals surface area contributed by atoms with E-state index >= 15 is 0 Å². The third-order valence-electron chi connectivity index (χ3n) is 2.82. The minimum atomic E-state index is 0.215. The molecule has 1 aromatic rings. The van der Waals surface area contributed by atoms with E-state index in [-0.39, 0.29) is 6.10 Å². The number of nitrogens with one attached hydrogen (secondary N) is 1. The first-order valence-corrected chi connectivity index (χ1v) is 6.64. The van der Waals surface area contributed by atoms with E-state index in [2.05, 4.69) is 22.2 Å². The predicted octanol–water partition coefficient (Wildman–Crippen LogP) is 1.70. The highest BCUT2D eigenvalue weighted by Crippen LogP contribution is 2.17. The molecule has 100 valence electrons. The van der Waals surface area contributed by atoms with Gasteiger partial charge in [-0.15, -0.1) is 0 Å². The number of nitrogens with zero attached hydrogens (tertiary/aromatic N) is 2. The van der Waals surface area contributed by atoms with Gasteiger partial charge >= 0.3 is 6.01 Å². The topological polar surface area (TPSA) is 56.3 Å². The van der Waals surface area contributed by atoms with Crippen molar-refractivity contribution in [3.05, 3.63) is 11.8 Å². The van der Waals surface area contributed by atoms with Crippen molar-refractivity contribution < 1.29 is 9.47 Å². The van der Waals surface area contributed by atoms with Crippen molar-refractivity contribution in [2.45, 2.75) is 39.2 Å². The normalized spacial score (nSPS) is 16.6. The molecular formula is C13H21N3O2. The molecule has 0 unspecified atom stereocenters. The molecule has 0 atom stereocenters. The van der Waals surface area contributed by atoms with Gasteiger partial charge in [0.05, 0.1) is 6.61 Å². The molecule has 5 heteroatoms. The van der Waals surface area contributed by atoms with Crippen LogP contribution in [0.2, 0.25) is 0 Å². The fourth-order valence-corrected chi connectivity index (χ4v) is 1.91. The molecule has 0 radical (unpaired) electrons. The highest BCUT2D eigenvalue weighted by Gasteiger charge is 2.16. The van der Waals surface area contributed by atoms with Crippen molar-refractivity contribution in [1.29, 1.82) is 0 Å². The lowest BCUT2D eigenvalue weighted by Gasteiger charge is -2.22. The van der Waals surface area contributed by atoms with E-state index in [1.807, 2.05) is 13.0 Å². The first-order valence-electron chi connectivity index (χ1n) is 6.64. The van der Waals surface area contributed by atoms with Crippen LogP contribution < -0.4 is 14.8 Å². The van der Waals surface area contributed by atoms with Gasteiger partial charge in [0.25, 0.3) is 0 Å². The molecule has 18 heavy (non-hydrogen) atoms. The smallest absolute Gasteiger partial charge is 0.320 e. The first kappa shape index (κ1) is 13.1. The van der Waals surface area contributed by atoms with Gasteiger partial charge in [-0.05, 0) is 39.3 Å². The zero-order valence-corrected chi connectivity index (χ0v) is 11.1. The molecule has 1 fully saturated rings. The Labute approximate surface area is 108 Å². The molecule has 1 aromatic heterocycles. The van der Waals surface area contributed by atoms with E-state index < -0.39 is 0 Å². The zero-order chi connectivity index (χ0) is 12.8. The number of rotatable bonds is 5. The van der Waals surface area contributed by atoms with Gasteiger partial charge in [-0.3, -0.25) is 0 Å². The summed E-state index contributed by atoms with van der Waals surface area (Å²) in [5.74, 6) is 0.605. The maximum absolute atomic E-state index is 5.81. The summed E-state index contributed by atoms with van der Waals surface area (Å²) < 4.78 is 11.3. The molecule has 0 spiro atoms. The first-order chi connectivity index (χ1) is 8.78. The second kappa shape index (κ2) is 6.54. The molecule has 1 aliphatic rings. The van der Waals surface area contributed by atoms with Crippen LogP contribution in [0.3, 0.4) is 0 Å². The molecule has 5 nitrogen and oxygen atoms in total. The molecule has 1 saturated heterocycles. The summed E-state index contributed by atoms with van der Waals surface area (Å²) in [6.45, 7) is 6.66. The third kappa shape index (κ3) is 3.84. The summed E-state index contributed by atoms with van der Waals surface area (Å²) in [5, 5.41) is 3.31. The van der Waals surface area contributed by atoms with E-state index in [1.165, 1.54) is 0 Å². The number of aromatic nitrogens is 2. The van der Waals surface area contributed by atoms with Crippen molar-refractivity contribution >= 4 is 0 Å². The van der Waals surface area contributed by atoms with Crippen molar-refractivity contribution in [1.82, 2.24) is 15.3 Å². The molecule has 0 saturated carbocycles. The second-order valence-corrected chi connectivity index (χ2v) is 4.55. The molecule has 0 aliphatic carbocycles. The number of piperidine rings is 1. The molecule has 0 amide bonds. The maximum Gasteiger partial charge on any atom is 0.320 e. The number of hydrogen-bond acceptors (Lipinski definition) is 5. The Morgan fingerprint density at radius 2 is 2.11 bits per heavy atom. The van der Waals surface area contributed by atoms with Crippen LogP contribution in [0.4, 0.5) is 0 Å². The van der Waals surface area contributed by atoms with E-state index in [9.17, 15) is 0 Å². The maximum atomic E-state index is 5.81. The molecular weight excluding hydrogens is 230 g/mol. The van der Waals surface area contributed by atoms with Gasteiger partial charge in [0.2, 0.25) is 5.88 Å². The Morgan fingerprint density at radius 1 is 1.33 bits per heavy atom. The number of ether oxygens (including phenoxy) is 2. The summed E-state index contributed by atoms with van der Waals surface area (Å²) in [5.41, 5.74) is 0.875. The molecule has 0 bridgehead atoms. The highest BCUT2D eigenvalue weighted by molar-refractivity contribution is 5.17. The lowest BCUT2D eigenvalue weighted by atomic mass is 10.1. The van der Waals surface area contributed by atoms with Crippen molar-refractivity contribution in [3.63, 3.8) is 0 Å². The van der Waals surface area contributed by atoms with Crippen LogP contribution in [0.1, 0.15) is 31.9 Å². The summed E-state index contributed by atoms with van der Waals surface area (Å²) in [6.07, 6.45) is 3.19. The lowest BCUT2D eigenvalue weighted by Crippen LogP contribution is -2.34. The van der Waals surface area contributed by atoms with Crippen molar-refractivity contribution in [2.24, 2.45) is 0 Å². The van der Waals surface area contributed by atoms with Crippen LogP contribution in [0, 0.1) is 6.92 Å². The van der Waals surface area contributed by atoms with Gasteiger partial charge < -0.3 is 14.8 Å². The van der Waals surface area contributed by atoms with Gasteiger partial charge in [0.15, 0.2) is 0 Å². The quantitative estimate of drug-likeness (QED) is 0.863. The van der Waals surface area contributed by atoms with E-state index in [0.717, 1.165) is 38.0 Å². The minimum Gasteiger partial charge on any atom is -0.478 e. The van der Waals surface area contributed by atoms with Crippen LogP contribution in [0.15, 0.2) is 6.07 Å². The van der Waals surface area contributed by atoms with Crippen molar-refractivity contribution in [3.8, 4) is 11.9 Å². The molecule has 1 aliphatic heterocycles. The monoisotopic (exact) mass is 251 g/mol. The summed E-state index contributed by atoms with van der Waals surface area (Å²) in [7, 11) is 0. The van der Waals surface area contributed by atoms with E-state index in [0.29, 0.717) is 18.5 Å². The number of aryl methyl sites for hydroxylation is 1. The summed E-state index contributed by atoms with van der Waals surface area (Å²) >= 11 is 0. The Balaban J connectivity index is 1.99. The van der Waals surface area contributed by atoms with Gasteiger partial charge in [-0.2, -0.15) is 4.98 Å². The summed E-state index contributed by atoms with van der Waals surface area (Å²) in [4.78, 5) is 8.59. The molecule has 1 N–H and O–H groups in total. The standard InChI is InChI=1S/C13H21N3O2/c1-3-8-17-12-9-10(2)15-13(16-12)18-11-4-6-14-7-5-11/h9,11,14H,3-8H2,1-2H3.